The Morgan fingerprint density at radius 3 is 2.14 bits per heavy atom. The SMILES string of the molecule is CC(C)c1cc(Cl)ccc1C(C)(C)C. The molecule has 1 aromatic carbocycles. The molecule has 0 saturated heterocycles. The molecule has 1 heteroatoms. The fourth-order valence-corrected chi connectivity index (χ4v) is 1.87. The van der Waals surface area contributed by atoms with Gasteiger partial charge in [-0.1, -0.05) is 52.3 Å². The second kappa shape index (κ2) is 3.94. The molecule has 0 spiro atoms. The van der Waals surface area contributed by atoms with E-state index in [4.69, 9.17) is 11.6 Å². The van der Waals surface area contributed by atoms with Crippen LogP contribution in [0.15, 0.2) is 18.2 Å². The Bertz CT molecular complexity index is 318. The highest BCUT2D eigenvalue weighted by Gasteiger charge is 2.19. The second-order valence-electron chi connectivity index (χ2n) is 5.14. The van der Waals surface area contributed by atoms with Crippen LogP contribution in [-0.2, 0) is 5.41 Å². The minimum Gasteiger partial charge on any atom is -0.0843 e. The quantitative estimate of drug-likeness (QED) is 0.627. The molecule has 0 amide bonds. The van der Waals surface area contributed by atoms with Gasteiger partial charge < -0.3 is 0 Å². The van der Waals surface area contributed by atoms with Gasteiger partial charge >= 0.3 is 0 Å². The highest BCUT2D eigenvalue weighted by Crippen LogP contribution is 2.32. The van der Waals surface area contributed by atoms with Crippen molar-refractivity contribution in [3.63, 3.8) is 0 Å². The third kappa shape index (κ3) is 2.51. The summed E-state index contributed by atoms with van der Waals surface area (Å²) >= 11 is 6.01. The fourth-order valence-electron chi connectivity index (χ4n) is 1.69. The van der Waals surface area contributed by atoms with Gasteiger partial charge in [0.05, 0.1) is 0 Å². The van der Waals surface area contributed by atoms with Crippen LogP contribution < -0.4 is 0 Å². The third-order valence-electron chi connectivity index (χ3n) is 2.44. The van der Waals surface area contributed by atoms with Crippen molar-refractivity contribution in [3.8, 4) is 0 Å². The first-order chi connectivity index (χ1) is 6.32. The Kier molecular flexibility index (Phi) is 3.26. The topological polar surface area (TPSA) is 0 Å². The van der Waals surface area contributed by atoms with Gasteiger partial charge in [0.2, 0.25) is 0 Å². The monoisotopic (exact) mass is 210 g/mol. The smallest absolute Gasteiger partial charge is 0.0409 e. The summed E-state index contributed by atoms with van der Waals surface area (Å²) in [5.74, 6) is 0.530. The van der Waals surface area contributed by atoms with Crippen LogP contribution in [0.4, 0.5) is 0 Å². The molecule has 0 aromatic heterocycles. The van der Waals surface area contributed by atoms with Crippen LogP contribution in [0.2, 0.25) is 5.02 Å². The summed E-state index contributed by atoms with van der Waals surface area (Å²) in [6.07, 6.45) is 0. The van der Waals surface area contributed by atoms with E-state index in [2.05, 4.69) is 46.8 Å². The first-order valence-corrected chi connectivity index (χ1v) is 5.50. The van der Waals surface area contributed by atoms with Crippen LogP contribution in [-0.4, -0.2) is 0 Å². The molecule has 1 aromatic rings. The fraction of sp³-hybridized carbons (Fsp3) is 0.538. The molecule has 78 valence electrons. The number of benzene rings is 1. The van der Waals surface area contributed by atoms with Crippen molar-refractivity contribution in [1.29, 1.82) is 0 Å². The van der Waals surface area contributed by atoms with Crippen molar-refractivity contribution in [3.05, 3.63) is 34.3 Å². The van der Waals surface area contributed by atoms with E-state index in [9.17, 15) is 0 Å². The van der Waals surface area contributed by atoms with E-state index in [1.54, 1.807) is 0 Å². The van der Waals surface area contributed by atoms with Gasteiger partial charge in [-0.15, -0.1) is 0 Å². The maximum absolute atomic E-state index is 6.01. The molecule has 1 rings (SSSR count). The van der Waals surface area contributed by atoms with E-state index in [0.717, 1.165) is 5.02 Å². The van der Waals surface area contributed by atoms with Crippen LogP contribution in [0, 0.1) is 0 Å². The number of halogens is 1. The Labute approximate surface area is 92.3 Å². The molecule has 0 heterocycles. The molecule has 0 fully saturated rings. The zero-order valence-corrected chi connectivity index (χ0v) is 10.4. The summed E-state index contributed by atoms with van der Waals surface area (Å²) in [5.41, 5.74) is 2.96. The minimum absolute atomic E-state index is 0.199. The van der Waals surface area contributed by atoms with Gasteiger partial charge in [-0.05, 0) is 34.6 Å². The molecular formula is C13H19Cl. The molecule has 0 saturated carbocycles. The first-order valence-electron chi connectivity index (χ1n) is 5.12. The van der Waals surface area contributed by atoms with Gasteiger partial charge in [-0.25, -0.2) is 0 Å². The first kappa shape index (κ1) is 11.6. The molecule has 0 nitrogen and oxygen atoms in total. The third-order valence-corrected chi connectivity index (χ3v) is 2.68. The Morgan fingerprint density at radius 1 is 1.14 bits per heavy atom. The van der Waals surface area contributed by atoms with Gasteiger partial charge in [0.25, 0.3) is 0 Å². The van der Waals surface area contributed by atoms with Crippen molar-refractivity contribution >= 4 is 11.6 Å². The van der Waals surface area contributed by atoms with Crippen molar-refractivity contribution in [2.75, 3.05) is 0 Å². The summed E-state index contributed by atoms with van der Waals surface area (Å²) < 4.78 is 0. The van der Waals surface area contributed by atoms with Gasteiger partial charge in [-0.2, -0.15) is 0 Å². The van der Waals surface area contributed by atoms with E-state index in [-0.39, 0.29) is 5.41 Å². The minimum atomic E-state index is 0.199. The van der Waals surface area contributed by atoms with Crippen molar-refractivity contribution in [1.82, 2.24) is 0 Å². The molecule has 0 aliphatic carbocycles. The lowest BCUT2D eigenvalue weighted by Crippen LogP contribution is -2.14. The highest BCUT2D eigenvalue weighted by molar-refractivity contribution is 6.30. The van der Waals surface area contributed by atoms with Crippen LogP contribution >= 0.6 is 11.6 Å². The number of hydrogen-bond acceptors (Lipinski definition) is 0. The number of rotatable bonds is 1. The van der Waals surface area contributed by atoms with E-state index >= 15 is 0 Å². The Hall–Kier alpha value is -0.490. The van der Waals surface area contributed by atoms with Crippen LogP contribution in [0.5, 0.6) is 0 Å². The van der Waals surface area contributed by atoms with Gasteiger partial charge in [0.1, 0.15) is 0 Å². The molecule has 0 atom stereocenters. The highest BCUT2D eigenvalue weighted by atomic mass is 35.5. The zero-order chi connectivity index (χ0) is 10.9. The van der Waals surface area contributed by atoms with Crippen molar-refractivity contribution in [2.24, 2.45) is 0 Å². The molecule has 0 aliphatic heterocycles. The lowest BCUT2D eigenvalue weighted by Gasteiger charge is -2.24. The largest absolute Gasteiger partial charge is 0.0843 e. The van der Waals surface area contributed by atoms with E-state index in [1.165, 1.54) is 11.1 Å². The van der Waals surface area contributed by atoms with Crippen LogP contribution in [0.1, 0.15) is 51.7 Å². The average molecular weight is 211 g/mol. The predicted octanol–water partition coefficient (Wildman–Crippen LogP) is 4.76. The summed E-state index contributed by atoms with van der Waals surface area (Å²) in [6.45, 7) is 11.1. The van der Waals surface area contributed by atoms with E-state index < -0.39 is 0 Å². The average Bonchev–Trinajstić information content (AvgIpc) is 2.01. The summed E-state index contributed by atoms with van der Waals surface area (Å²) in [6, 6.07) is 6.22. The summed E-state index contributed by atoms with van der Waals surface area (Å²) in [5, 5.41) is 0.835. The summed E-state index contributed by atoms with van der Waals surface area (Å²) in [4.78, 5) is 0. The van der Waals surface area contributed by atoms with Crippen molar-refractivity contribution < 1.29 is 0 Å². The van der Waals surface area contributed by atoms with Gasteiger partial charge in [0.15, 0.2) is 0 Å². The van der Waals surface area contributed by atoms with Crippen LogP contribution in [0.3, 0.4) is 0 Å². The van der Waals surface area contributed by atoms with Crippen LogP contribution in [0.25, 0.3) is 0 Å². The maximum Gasteiger partial charge on any atom is 0.0409 e. The second-order valence-corrected chi connectivity index (χ2v) is 5.57. The molecule has 0 aliphatic rings. The lowest BCUT2D eigenvalue weighted by atomic mass is 9.81. The molecule has 0 radical (unpaired) electrons. The molecular weight excluding hydrogens is 192 g/mol. The van der Waals surface area contributed by atoms with E-state index in [0.29, 0.717) is 5.92 Å². The molecule has 0 N–H and O–H groups in total. The predicted molar refractivity (Wildman–Crippen MR) is 64.2 cm³/mol. The Morgan fingerprint density at radius 2 is 1.71 bits per heavy atom. The normalized spacial score (nSPS) is 12.2. The van der Waals surface area contributed by atoms with Crippen molar-refractivity contribution in [2.45, 2.75) is 46.0 Å². The molecule has 0 bridgehead atoms. The van der Waals surface area contributed by atoms with Gasteiger partial charge in [0, 0.05) is 5.02 Å². The maximum atomic E-state index is 6.01. The summed E-state index contributed by atoms with van der Waals surface area (Å²) in [7, 11) is 0. The standard InChI is InChI=1S/C13H19Cl/c1-9(2)11-8-10(14)6-7-12(11)13(3,4)5/h6-9H,1-5H3. The zero-order valence-electron chi connectivity index (χ0n) is 9.69. The van der Waals surface area contributed by atoms with Gasteiger partial charge in [-0.3, -0.25) is 0 Å². The molecule has 14 heavy (non-hydrogen) atoms. The number of hydrogen-bond donors (Lipinski definition) is 0. The van der Waals surface area contributed by atoms with E-state index in [1.807, 2.05) is 6.07 Å². The lowest BCUT2D eigenvalue weighted by molar-refractivity contribution is 0.577. The Balaban J connectivity index is 3.29. The molecule has 0 unspecified atom stereocenters.